The Kier molecular flexibility index (Phi) is 6.08. The zero-order valence-electron chi connectivity index (χ0n) is 16.0. The second-order valence-corrected chi connectivity index (χ2v) is 7.95. The maximum absolute atomic E-state index is 13.2. The number of hydrogen-bond donors (Lipinski definition) is 1. The summed E-state index contributed by atoms with van der Waals surface area (Å²) in [5.74, 6) is 0.933. The molecule has 150 valence electrons. The zero-order valence-corrected chi connectivity index (χ0v) is 17.6. The summed E-state index contributed by atoms with van der Waals surface area (Å²) in [7, 11) is 0. The molecule has 0 spiro atoms. The molecule has 1 aromatic heterocycles. The fraction of sp³-hybridized carbons (Fsp3) is 0.273. The number of hydrogen-bond acceptors (Lipinski definition) is 5. The number of rotatable bonds is 5. The molecule has 4 rings (SSSR count). The molecule has 1 fully saturated rings. The second kappa shape index (κ2) is 8.90. The number of anilines is 1. The topological polar surface area (TPSA) is 67.6 Å². The predicted octanol–water partition coefficient (Wildman–Crippen LogP) is 4.50. The van der Waals surface area contributed by atoms with Gasteiger partial charge in [0.25, 0.3) is 0 Å². The summed E-state index contributed by atoms with van der Waals surface area (Å²) in [6.45, 7) is 3.62. The summed E-state index contributed by atoms with van der Waals surface area (Å²) in [5, 5.41) is 6.78. The molecule has 1 N–H and O–H groups in total. The Bertz CT molecular complexity index is 976. The van der Waals surface area contributed by atoms with Crippen LogP contribution in [0.15, 0.2) is 69.7 Å². The van der Waals surface area contributed by atoms with Gasteiger partial charge < -0.3 is 14.6 Å². The first-order valence-corrected chi connectivity index (χ1v) is 10.3. The number of morpholine rings is 1. The third-order valence-electron chi connectivity index (χ3n) is 4.93. The molecular weight excluding hydrogens is 434 g/mol. The first-order valence-electron chi connectivity index (χ1n) is 9.50. The van der Waals surface area contributed by atoms with E-state index in [9.17, 15) is 4.79 Å². The Morgan fingerprint density at radius 3 is 2.76 bits per heavy atom. The standard InChI is InChI=1S/C22H22BrN3O3/c1-15-12-20(25-29-15)24-22(27)21(16-6-3-2-4-7-16)26-10-11-28-19(14-26)17-8-5-9-18(23)13-17/h2-9,12-13,19,21H,10-11,14H2,1H3,(H,24,25,27). The van der Waals surface area contributed by atoms with Gasteiger partial charge in [0.1, 0.15) is 11.8 Å². The Morgan fingerprint density at radius 1 is 1.21 bits per heavy atom. The predicted molar refractivity (Wildman–Crippen MR) is 113 cm³/mol. The molecule has 2 atom stereocenters. The molecule has 2 unspecified atom stereocenters. The van der Waals surface area contributed by atoms with E-state index in [4.69, 9.17) is 9.26 Å². The normalized spacial score (nSPS) is 18.3. The molecule has 3 aromatic rings. The smallest absolute Gasteiger partial charge is 0.247 e. The van der Waals surface area contributed by atoms with Crippen molar-refractivity contribution >= 4 is 27.7 Å². The molecule has 0 radical (unpaired) electrons. The molecule has 1 aliphatic heterocycles. The van der Waals surface area contributed by atoms with Gasteiger partial charge in [-0.15, -0.1) is 0 Å². The Hall–Kier alpha value is -2.48. The molecule has 2 heterocycles. The van der Waals surface area contributed by atoms with E-state index in [2.05, 4.69) is 43.4 Å². The lowest BCUT2D eigenvalue weighted by molar-refractivity contribution is -0.125. The van der Waals surface area contributed by atoms with Gasteiger partial charge in [-0.3, -0.25) is 9.69 Å². The van der Waals surface area contributed by atoms with Crippen molar-refractivity contribution in [3.8, 4) is 0 Å². The van der Waals surface area contributed by atoms with Crippen molar-refractivity contribution in [1.82, 2.24) is 10.1 Å². The number of ether oxygens (including phenoxy) is 1. The number of aromatic nitrogens is 1. The number of aryl methyl sites for hydroxylation is 1. The van der Waals surface area contributed by atoms with E-state index in [1.807, 2.05) is 42.5 Å². The summed E-state index contributed by atoms with van der Waals surface area (Å²) >= 11 is 3.52. The minimum Gasteiger partial charge on any atom is -0.371 e. The highest BCUT2D eigenvalue weighted by Gasteiger charge is 2.33. The third-order valence-corrected chi connectivity index (χ3v) is 5.42. The van der Waals surface area contributed by atoms with Crippen LogP contribution in [-0.4, -0.2) is 35.7 Å². The zero-order chi connectivity index (χ0) is 20.2. The van der Waals surface area contributed by atoms with Crippen LogP contribution in [-0.2, 0) is 9.53 Å². The lowest BCUT2D eigenvalue weighted by atomic mass is 10.0. The first-order chi connectivity index (χ1) is 14.1. The highest BCUT2D eigenvalue weighted by atomic mass is 79.9. The Balaban J connectivity index is 1.59. The molecule has 1 amide bonds. The van der Waals surface area contributed by atoms with Gasteiger partial charge in [0.05, 0.1) is 12.7 Å². The molecule has 0 saturated carbocycles. The van der Waals surface area contributed by atoms with Crippen LogP contribution in [0.3, 0.4) is 0 Å². The van der Waals surface area contributed by atoms with Gasteiger partial charge in [-0.25, -0.2) is 0 Å². The molecule has 29 heavy (non-hydrogen) atoms. The minimum absolute atomic E-state index is 0.102. The van der Waals surface area contributed by atoms with Crippen LogP contribution in [0, 0.1) is 6.92 Å². The number of nitrogens with zero attached hydrogens (tertiary/aromatic N) is 2. The largest absolute Gasteiger partial charge is 0.371 e. The fourth-order valence-corrected chi connectivity index (χ4v) is 4.01. The summed E-state index contributed by atoms with van der Waals surface area (Å²) in [6.07, 6.45) is -0.102. The van der Waals surface area contributed by atoms with Gasteiger partial charge in [0.15, 0.2) is 5.82 Å². The van der Waals surface area contributed by atoms with Crippen molar-refractivity contribution in [3.63, 3.8) is 0 Å². The number of carbonyl (C=O) groups is 1. The summed E-state index contributed by atoms with van der Waals surface area (Å²) in [5.41, 5.74) is 2.02. The number of halogens is 1. The van der Waals surface area contributed by atoms with Crippen LogP contribution in [0.25, 0.3) is 0 Å². The van der Waals surface area contributed by atoms with Crippen LogP contribution in [0.5, 0.6) is 0 Å². The van der Waals surface area contributed by atoms with Crippen molar-refractivity contribution in [1.29, 1.82) is 0 Å². The molecule has 1 saturated heterocycles. The third kappa shape index (κ3) is 4.75. The Labute approximate surface area is 178 Å². The summed E-state index contributed by atoms with van der Waals surface area (Å²) < 4.78 is 12.1. The number of nitrogens with one attached hydrogen (secondary N) is 1. The number of amides is 1. The fourth-order valence-electron chi connectivity index (χ4n) is 3.60. The average Bonchev–Trinajstić information content (AvgIpc) is 3.14. The van der Waals surface area contributed by atoms with Crippen LogP contribution in [0.1, 0.15) is 29.0 Å². The summed E-state index contributed by atoms with van der Waals surface area (Å²) in [4.78, 5) is 15.4. The minimum atomic E-state index is -0.452. The van der Waals surface area contributed by atoms with Gasteiger partial charge in [0.2, 0.25) is 5.91 Å². The van der Waals surface area contributed by atoms with Crippen molar-refractivity contribution in [2.75, 3.05) is 25.0 Å². The highest BCUT2D eigenvalue weighted by molar-refractivity contribution is 9.10. The van der Waals surface area contributed by atoms with Gasteiger partial charge >= 0.3 is 0 Å². The van der Waals surface area contributed by atoms with Crippen LogP contribution in [0.4, 0.5) is 5.82 Å². The molecule has 6 nitrogen and oxygen atoms in total. The number of carbonyl (C=O) groups excluding carboxylic acids is 1. The maximum Gasteiger partial charge on any atom is 0.247 e. The first kappa shape index (κ1) is 19.8. The van der Waals surface area contributed by atoms with E-state index in [0.717, 1.165) is 15.6 Å². The Morgan fingerprint density at radius 2 is 2.03 bits per heavy atom. The van der Waals surface area contributed by atoms with Gasteiger partial charge in [-0.05, 0) is 30.2 Å². The molecule has 7 heteroatoms. The average molecular weight is 456 g/mol. The lowest BCUT2D eigenvalue weighted by Crippen LogP contribution is -2.45. The van der Waals surface area contributed by atoms with E-state index in [1.165, 1.54) is 0 Å². The van der Waals surface area contributed by atoms with E-state index in [1.54, 1.807) is 13.0 Å². The van der Waals surface area contributed by atoms with E-state index in [-0.39, 0.29) is 12.0 Å². The molecule has 2 aromatic carbocycles. The monoisotopic (exact) mass is 455 g/mol. The van der Waals surface area contributed by atoms with Crippen molar-refractivity contribution in [3.05, 3.63) is 82.0 Å². The SMILES string of the molecule is Cc1cc(NC(=O)C(c2ccccc2)N2CCOC(c3cccc(Br)c3)C2)no1. The van der Waals surface area contributed by atoms with Crippen LogP contribution in [0.2, 0.25) is 0 Å². The number of benzene rings is 2. The second-order valence-electron chi connectivity index (χ2n) is 7.03. The van der Waals surface area contributed by atoms with Crippen molar-refractivity contribution in [2.24, 2.45) is 0 Å². The van der Waals surface area contributed by atoms with Gasteiger partial charge in [0, 0.05) is 23.6 Å². The molecule has 0 aliphatic carbocycles. The van der Waals surface area contributed by atoms with Crippen molar-refractivity contribution in [2.45, 2.75) is 19.1 Å². The molecular formula is C22H22BrN3O3. The quantitative estimate of drug-likeness (QED) is 0.613. The van der Waals surface area contributed by atoms with Gasteiger partial charge in [-0.1, -0.05) is 63.6 Å². The van der Waals surface area contributed by atoms with E-state index in [0.29, 0.717) is 31.3 Å². The lowest BCUT2D eigenvalue weighted by Gasteiger charge is -2.37. The molecule has 1 aliphatic rings. The maximum atomic E-state index is 13.2. The van der Waals surface area contributed by atoms with Crippen molar-refractivity contribution < 1.29 is 14.1 Å². The highest BCUT2D eigenvalue weighted by Crippen LogP contribution is 2.30. The van der Waals surface area contributed by atoms with Gasteiger partial charge in [-0.2, -0.15) is 0 Å². The molecule has 0 bridgehead atoms. The summed E-state index contributed by atoms with van der Waals surface area (Å²) in [6, 6.07) is 19.1. The van der Waals surface area contributed by atoms with Crippen LogP contribution >= 0.6 is 15.9 Å². The van der Waals surface area contributed by atoms with E-state index >= 15 is 0 Å². The van der Waals surface area contributed by atoms with Crippen LogP contribution < -0.4 is 5.32 Å². The van der Waals surface area contributed by atoms with E-state index < -0.39 is 6.04 Å².